The Morgan fingerprint density at radius 2 is 1.06 bits per heavy atom. The maximum atomic E-state index is 12.8. The first-order valence-corrected chi connectivity index (χ1v) is 12.7. The van der Waals surface area contributed by atoms with E-state index >= 15 is 0 Å². The van der Waals surface area contributed by atoms with Gasteiger partial charge in [-0.15, -0.1) is 0 Å². The molecule has 0 radical (unpaired) electrons. The van der Waals surface area contributed by atoms with E-state index in [0.29, 0.717) is 24.6 Å². The first-order chi connectivity index (χ1) is 15.9. The van der Waals surface area contributed by atoms with Crippen molar-refractivity contribution in [3.05, 3.63) is 45.0 Å². The minimum absolute atomic E-state index is 0.0208. The summed E-state index contributed by atoms with van der Waals surface area (Å²) < 4.78 is 10.7. The number of hydrogen-bond donors (Lipinski definition) is 2. The Morgan fingerprint density at radius 3 is 1.33 bits per heavy atom. The van der Waals surface area contributed by atoms with E-state index in [1.54, 1.807) is 0 Å². The number of hydrogen-bond acceptors (Lipinski definition) is 4. The van der Waals surface area contributed by atoms with Crippen LogP contribution in [0.5, 0.6) is 0 Å². The van der Waals surface area contributed by atoms with Crippen molar-refractivity contribution >= 4 is 11.9 Å². The van der Waals surface area contributed by atoms with Crippen LogP contribution in [0.4, 0.5) is 0 Å². The second-order valence-electron chi connectivity index (χ2n) is 8.35. The van der Waals surface area contributed by atoms with E-state index in [0.717, 1.165) is 67.5 Å². The molecule has 33 heavy (non-hydrogen) atoms. The molecule has 0 bridgehead atoms. The van der Waals surface area contributed by atoms with Gasteiger partial charge in [0.1, 0.15) is 11.4 Å². The second kappa shape index (κ2) is 12.7. The van der Waals surface area contributed by atoms with Gasteiger partial charge < -0.3 is 19.4 Å². The molecule has 0 saturated heterocycles. The Kier molecular flexibility index (Phi) is 10.3. The van der Waals surface area contributed by atoms with Crippen LogP contribution in [0.15, 0.2) is 0 Å². The van der Waals surface area contributed by atoms with Crippen LogP contribution in [0.1, 0.15) is 128 Å². The summed E-state index contributed by atoms with van der Waals surface area (Å²) in [5.74, 6) is -0.567. The van der Waals surface area contributed by atoms with E-state index in [-0.39, 0.29) is 17.9 Å². The molecular weight excluding hydrogens is 416 g/mol. The summed E-state index contributed by atoms with van der Waals surface area (Å²) in [7, 11) is 0. The molecule has 0 aliphatic rings. The molecule has 0 aromatic carbocycles. The maximum absolute atomic E-state index is 12.8. The molecule has 2 N–H and O–H groups in total. The zero-order valence-electron chi connectivity index (χ0n) is 21.6. The average Bonchev–Trinajstić information content (AvgIpc) is 3.34. The number of rotatable bonds is 13. The molecule has 0 aliphatic carbocycles. The molecule has 6 nitrogen and oxygen atoms in total. The Balaban J connectivity index is 2.73. The highest BCUT2D eigenvalue weighted by atomic mass is 16.5. The Morgan fingerprint density at radius 1 is 0.667 bits per heavy atom. The highest BCUT2D eigenvalue weighted by molar-refractivity contribution is 5.91. The Bertz CT molecular complexity index is 864. The number of esters is 2. The fourth-order valence-electron chi connectivity index (χ4n) is 4.96. The summed E-state index contributed by atoms with van der Waals surface area (Å²) in [6.45, 7) is 15.0. The lowest BCUT2D eigenvalue weighted by Crippen LogP contribution is -2.09. The number of H-pyrrole nitrogens is 2. The molecule has 6 heteroatoms. The number of aromatic nitrogens is 2. The van der Waals surface area contributed by atoms with Gasteiger partial charge in [-0.25, -0.2) is 9.59 Å². The van der Waals surface area contributed by atoms with Crippen LogP contribution in [0.2, 0.25) is 0 Å². The van der Waals surface area contributed by atoms with Crippen LogP contribution < -0.4 is 0 Å². The van der Waals surface area contributed by atoms with Gasteiger partial charge in [-0.3, -0.25) is 0 Å². The van der Waals surface area contributed by atoms with E-state index in [9.17, 15) is 9.59 Å². The van der Waals surface area contributed by atoms with Gasteiger partial charge in [-0.2, -0.15) is 0 Å². The first-order valence-electron chi connectivity index (χ1n) is 12.7. The van der Waals surface area contributed by atoms with E-state index in [4.69, 9.17) is 9.47 Å². The fraction of sp³-hybridized carbons (Fsp3) is 0.630. The first kappa shape index (κ1) is 26.7. The molecule has 184 valence electrons. The van der Waals surface area contributed by atoms with Gasteiger partial charge in [0.05, 0.1) is 13.2 Å². The molecule has 0 atom stereocenters. The van der Waals surface area contributed by atoms with Crippen LogP contribution in [0.25, 0.3) is 0 Å². The van der Waals surface area contributed by atoms with Gasteiger partial charge in [0, 0.05) is 17.3 Å². The van der Waals surface area contributed by atoms with E-state index in [1.165, 1.54) is 11.1 Å². The second-order valence-corrected chi connectivity index (χ2v) is 8.35. The topological polar surface area (TPSA) is 84.2 Å². The van der Waals surface area contributed by atoms with Gasteiger partial charge in [0.25, 0.3) is 0 Å². The molecule has 0 fully saturated rings. The SMILES string of the molecule is CCCc1c(C(=O)OCC)[nH]c(C(CC)c2[nH]c(C(=O)OCC)c(CCC)c2CC)c1CC. The maximum Gasteiger partial charge on any atom is 0.355 e. The number of nitrogens with one attached hydrogen (secondary N) is 2. The van der Waals surface area contributed by atoms with Crippen LogP contribution in [-0.2, 0) is 35.2 Å². The van der Waals surface area contributed by atoms with Crippen molar-refractivity contribution in [2.75, 3.05) is 13.2 Å². The summed E-state index contributed by atoms with van der Waals surface area (Å²) >= 11 is 0. The fourth-order valence-corrected chi connectivity index (χ4v) is 4.96. The smallest absolute Gasteiger partial charge is 0.355 e. The van der Waals surface area contributed by atoms with Gasteiger partial charge in [0.2, 0.25) is 0 Å². The van der Waals surface area contributed by atoms with Crippen molar-refractivity contribution in [2.24, 2.45) is 0 Å². The number of carbonyl (C=O) groups is 2. The largest absolute Gasteiger partial charge is 0.461 e. The lowest BCUT2D eigenvalue weighted by Gasteiger charge is -2.18. The zero-order valence-corrected chi connectivity index (χ0v) is 21.6. The minimum Gasteiger partial charge on any atom is -0.461 e. The molecule has 0 aliphatic heterocycles. The minimum atomic E-state index is -0.294. The molecule has 0 saturated carbocycles. The summed E-state index contributed by atoms with van der Waals surface area (Å²) in [6.07, 6.45) is 6.03. The van der Waals surface area contributed by atoms with Gasteiger partial charge in [-0.1, -0.05) is 47.5 Å². The number of carbonyl (C=O) groups excluding carboxylic acids is 2. The van der Waals surface area contributed by atoms with Crippen molar-refractivity contribution in [3.8, 4) is 0 Å². The van der Waals surface area contributed by atoms with Crippen molar-refractivity contribution in [3.63, 3.8) is 0 Å². The highest BCUT2D eigenvalue weighted by Gasteiger charge is 2.30. The van der Waals surface area contributed by atoms with Crippen molar-refractivity contribution in [2.45, 2.75) is 99.3 Å². The average molecular weight is 459 g/mol. The molecule has 0 unspecified atom stereocenters. The van der Waals surface area contributed by atoms with Gasteiger partial charge in [0.15, 0.2) is 0 Å². The van der Waals surface area contributed by atoms with Crippen LogP contribution in [-0.4, -0.2) is 35.1 Å². The van der Waals surface area contributed by atoms with Crippen LogP contribution in [0.3, 0.4) is 0 Å². The molecule has 2 aromatic rings. The predicted octanol–water partition coefficient (Wildman–Crippen LogP) is 6.27. The molecule has 2 rings (SSSR count). The van der Waals surface area contributed by atoms with Crippen molar-refractivity contribution in [1.29, 1.82) is 0 Å². The molecule has 0 amide bonds. The molecule has 2 aromatic heterocycles. The quantitative estimate of drug-likeness (QED) is 0.347. The molecular formula is C27H42N2O4. The molecule has 0 spiro atoms. The summed E-state index contributed by atoms with van der Waals surface area (Å²) in [6, 6.07) is 0. The third kappa shape index (κ3) is 5.53. The predicted molar refractivity (Wildman–Crippen MR) is 132 cm³/mol. The van der Waals surface area contributed by atoms with Crippen LogP contribution >= 0.6 is 0 Å². The third-order valence-corrected chi connectivity index (χ3v) is 6.27. The summed E-state index contributed by atoms with van der Waals surface area (Å²) in [4.78, 5) is 32.5. The number of aromatic amines is 2. The third-order valence-electron chi connectivity index (χ3n) is 6.27. The Hall–Kier alpha value is -2.50. The normalized spacial score (nSPS) is 11.3. The molecule has 2 heterocycles. The summed E-state index contributed by atoms with van der Waals surface area (Å²) in [5, 5.41) is 0. The van der Waals surface area contributed by atoms with Crippen molar-refractivity contribution < 1.29 is 19.1 Å². The summed E-state index contributed by atoms with van der Waals surface area (Å²) in [5.41, 5.74) is 7.78. The number of ether oxygens (including phenoxy) is 2. The van der Waals surface area contributed by atoms with Gasteiger partial charge >= 0.3 is 11.9 Å². The van der Waals surface area contributed by atoms with Crippen LogP contribution in [0, 0.1) is 0 Å². The lowest BCUT2D eigenvalue weighted by atomic mass is 9.88. The van der Waals surface area contributed by atoms with E-state index < -0.39 is 0 Å². The lowest BCUT2D eigenvalue weighted by molar-refractivity contribution is 0.0509. The van der Waals surface area contributed by atoms with Gasteiger partial charge in [-0.05, 0) is 68.2 Å². The highest BCUT2D eigenvalue weighted by Crippen LogP contribution is 2.37. The van der Waals surface area contributed by atoms with Crippen molar-refractivity contribution in [1.82, 2.24) is 9.97 Å². The van der Waals surface area contributed by atoms with E-state index in [1.807, 2.05) is 13.8 Å². The monoisotopic (exact) mass is 458 g/mol. The zero-order chi connectivity index (χ0) is 24.5. The standard InChI is InChI=1S/C27H42N2O4/c1-8-15-20-17(10-3)22(28-24(20)26(30)32-13-6)19(12-5)23-18(11-4)21(16-9-2)25(29-23)27(31)33-14-7/h19,28-29H,8-16H2,1-7H3. The van der Waals surface area contributed by atoms with E-state index in [2.05, 4.69) is 44.6 Å². The Labute approximate surface area is 198 Å².